The average Bonchev–Trinajstić information content (AvgIpc) is 2.88. The molecule has 1 aromatic carbocycles. The number of carbonyl (C=O) groups is 2. The number of rotatable bonds is 6. The van der Waals surface area contributed by atoms with E-state index in [4.69, 9.17) is 4.74 Å². The van der Waals surface area contributed by atoms with Crippen LogP contribution in [0, 0.1) is 0 Å². The first-order valence-corrected chi connectivity index (χ1v) is 7.90. The third kappa shape index (κ3) is 4.93. The summed E-state index contributed by atoms with van der Waals surface area (Å²) in [5.74, 6) is -0.371. The van der Waals surface area contributed by atoms with Gasteiger partial charge in [-0.15, -0.1) is 0 Å². The highest BCUT2D eigenvalue weighted by atomic mass is 16.5. The highest BCUT2D eigenvalue weighted by molar-refractivity contribution is 5.90. The van der Waals surface area contributed by atoms with Gasteiger partial charge in [0, 0.05) is 18.7 Å². The molecular formula is C18H24N2O3. The predicted molar refractivity (Wildman–Crippen MR) is 89.4 cm³/mol. The van der Waals surface area contributed by atoms with Crippen LogP contribution in [0.3, 0.4) is 0 Å². The molecule has 124 valence electrons. The van der Waals surface area contributed by atoms with Crippen molar-refractivity contribution in [1.82, 2.24) is 10.2 Å². The lowest BCUT2D eigenvalue weighted by molar-refractivity contribution is -0.117. The molecule has 0 heterocycles. The molecule has 0 fully saturated rings. The van der Waals surface area contributed by atoms with Crippen molar-refractivity contribution in [2.75, 3.05) is 27.2 Å². The fourth-order valence-corrected chi connectivity index (χ4v) is 2.68. The van der Waals surface area contributed by atoms with E-state index in [1.54, 1.807) is 19.1 Å². The van der Waals surface area contributed by atoms with Crippen LogP contribution < -0.4 is 5.32 Å². The van der Waals surface area contributed by atoms with Gasteiger partial charge in [-0.1, -0.05) is 12.1 Å². The first kappa shape index (κ1) is 17.2. The van der Waals surface area contributed by atoms with Gasteiger partial charge in [-0.05, 0) is 57.1 Å². The Kier molecular flexibility index (Phi) is 5.93. The molecule has 1 unspecified atom stereocenters. The van der Waals surface area contributed by atoms with Gasteiger partial charge in [0.25, 0.3) is 0 Å². The molecular weight excluding hydrogens is 292 g/mol. The van der Waals surface area contributed by atoms with Crippen LogP contribution in [0.2, 0.25) is 0 Å². The maximum atomic E-state index is 11.9. The molecule has 0 saturated carbocycles. The second kappa shape index (κ2) is 7.92. The van der Waals surface area contributed by atoms with Gasteiger partial charge in [-0.2, -0.15) is 0 Å². The highest BCUT2D eigenvalue weighted by Gasteiger charge is 2.23. The standard InChI is InChI=1S/C18H24N2O3/c1-4-23-18(22)14-8-7-13-11-16(12-15(13)10-14)19-17(21)6-5-9-20(2)3/h5-8,10,16H,4,9,11-12H2,1-3H3,(H,19,21)/b6-5+. The summed E-state index contributed by atoms with van der Waals surface area (Å²) in [6.07, 6.45) is 4.96. The summed E-state index contributed by atoms with van der Waals surface area (Å²) in [4.78, 5) is 25.7. The van der Waals surface area contributed by atoms with Crippen LogP contribution >= 0.6 is 0 Å². The van der Waals surface area contributed by atoms with Crippen LogP contribution in [0.15, 0.2) is 30.4 Å². The third-order valence-corrected chi connectivity index (χ3v) is 3.74. The van der Waals surface area contributed by atoms with Crippen LogP contribution in [0.25, 0.3) is 0 Å². The zero-order valence-corrected chi connectivity index (χ0v) is 14.0. The Hall–Kier alpha value is -2.14. The lowest BCUT2D eigenvalue weighted by Crippen LogP contribution is -2.34. The predicted octanol–water partition coefficient (Wildman–Crippen LogP) is 1.56. The molecule has 5 heteroatoms. The first-order chi connectivity index (χ1) is 11.0. The van der Waals surface area contributed by atoms with Gasteiger partial charge in [0.2, 0.25) is 5.91 Å². The quantitative estimate of drug-likeness (QED) is 0.639. The van der Waals surface area contributed by atoms with Crippen molar-refractivity contribution < 1.29 is 14.3 Å². The Balaban J connectivity index is 1.93. The molecule has 0 aromatic heterocycles. The van der Waals surface area contributed by atoms with Gasteiger partial charge >= 0.3 is 5.97 Å². The molecule has 0 bridgehead atoms. The lowest BCUT2D eigenvalue weighted by Gasteiger charge is -2.10. The minimum absolute atomic E-state index is 0.0738. The minimum Gasteiger partial charge on any atom is -0.462 e. The minimum atomic E-state index is -0.297. The lowest BCUT2D eigenvalue weighted by atomic mass is 10.1. The molecule has 1 amide bonds. The number of hydrogen-bond acceptors (Lipinski definition) is 4. The van der Waals surface area contributed by atoms with E-state index in [0.29, 0.717) is 12.2 Å². The molecule has 0 radical (unpaired) electrons. The van der Waals surface area contributed by atoms with Crippen molar-refractivity contribution in [3.05, 3.63) is 47.0 Å². The summed E-state index contributed by atoms with van der Waals surface area (Å²) in [5.41, 5.74) is 2.86. The Morgan fingerprint density at radius 1 is 1.30 bits per heavy atom. The smallest absolute Gasteiger partial charge is 0.338 e. The monoisotopic (exact) mass is 316 g/mol. The second-order valence-electron chi connectivity index (χ2n) is 5.98. The van der Waals surface area contributed by atoms with Gasteiger partial charge in [0.1, 0.15) is 0 Å². The number of ether oxygens (including phenoxy) is 1. The summed E-state index contributed by atoms with van der Waals surface area (Å²) >= 11 is 0. The van der Waals surface area contributed by atoms with Gasteiger partial charge in [0.15, 0.2) is 0 Å². The summed E-state index contributed by atoms with van der Waals surface area (Å²) in [7, 11) is 3.91. The number of nitrogens with one attached hydrogen (secondary N) is 1. The van der Waals surface area contributed by atoms with Gasteiger partial charge < -0.3 is 15.0 Å². The molecule has 1 N–H and O–H groups in total. The van der Waals surface area contributed by atoms with E-state index in [1.165, 1.54) is 5.56 Å². The third-order valence-electron chi connectivity index (χ3n) is 3.74. The van der Waals surface area contributed by atoms with E-state index in [2.05, 4.69) is 5.32 Å². The average molecular weight is 316 g/mol. The van der Waals surface area contributed by atoms with E-state index in [-0.39, 0.29) is 17.9 Å². The number of likely N-dealkylation sites (N-methyl/N-ethyl adjacent to an activating group) is 1. The van der Waals surface area contributed by atoms with Crippen molar-refractivity contribution in [3.8, 4) is 0 Å². The van der Waals surface area contributed by atoms with Crippen molar-refractivity contribution in [3.63, 3.8) is 0 Å². The Morgan fingerprint density at radius 3 is 2.74 bits per heavy atom. The van der Waals surface area contributed by atoms with E-state index in [1.807, 2.05) is 37.2 Å². The molecule has 1 atom stereocenters. The Bertz CT molecular complexity index is 608. The molecule has 23 heavy (non-hydrogen) atoms. The van der Waals surface area contributed by atoms with Crippen molar-refractivity contribution in [2.45, 2.75) is 25.8 Å². The van der Waals surface area contributed by atoms with E-state index >= 15 is 0 Å². The van der Waals surface area contributed by atoms with Crippen LogP contribution in [-0.2, 0) is 22.4 Å². The molecule has 5 nitrogen and oxygen atoms in total. The van der Waals surface area contributed by atoms with Crippen molar-refractivity contribution >= 4 is 11.9 Å². The Morgan fingerprint density at radius 2 is 2.04 bits per heavy atom. The normalized spacial score (nSPS) is 16.6. The fourth-order valence-electron chi connectivity index (χ4n) is 2.68. The molecule has 1 aliphatic rings. The molecule has 0 aliphatic heterocycles. The SMILES string of the molecule is CCOC(=O)c1ccc2c(c1)CC(NC(=O)/C=C/CN(C)C)C2. The molecule has 0 spiro atoms. The van der Waals surface area contributed by atoms with Crippen LogP contribution in [0.1, 0.15) is 28.4 Å². The van der Waals surface area contributed by atoms with Crippen LogP contribution in [0.4, 0.5) is 0 Å². The number of nitrogens with zero attached hydrogens (tertiary/aromatic N) is 1. The molecule has 0 saturated heterocycles. The van der Waals surface area contributed by atoms with Gasteiger partial charge in [-0.3, -0.25) is 4.79 Å². The number of carbonyl (C=O) groups excluding carboxylic acids is 2. The van der Waals surface area contributed by atoms with E-state index in [9.17, 15) is 9.59 Å². The molecule has 1 aliphatic carbocycles. The fraction of sp³-hybridized carbons (Fsp3) is 0.444. The van der Waals surface area contributed by atoms with Crippen LogP contribution in [-0.4, -0.2) is 50.1 Å². The molecule has 1 aromatic rings. The summed E-state index contributed by atoms with van der Waals surface area (Å²) in [5, 5.41) is 3.01. The number of fused-ring (bicyclic) bond motifs is 1. The molecule has 2 rings (SSSR count). The van der Waals surface area contributed by atoms with E-state index < -0.39 is 0 Å². The number of hydrogen-bond donors (Lipinski definition) is 1. The van der Waals surface area contributed by atoms with Crippen molar-refractivity contribution in [1.29, 1.82) is 0 Å². The topological polar surface area (TPSA) is 58.6 Å². The summed E-state index contributed by atoms with van der Waals surface area (Å²) in [6, 6.07) is 5.70. The van der Waals surface area contributed by atoms with Gasteiger partial charge in [0.05, 0.1) is 12.2 Å². The largest absolute Gasteiger partial charge is 0.462 e. The van der Waals surface area contributed by atoms with Crippen molar-refractivity contribution in [2.24, 2.45) is 0 Å². The number of benzene rings is 1. The first-order valence-electron chi connectivity index (χ1n) is 7.90. The number of esters is 1. The maximum Gasteiger partial charge on any atom is 0.338 e. The van der Waals surface area contributed by atoms with Crippen LogP contribution in [0.5, 0.6) is 0 Å². The van der Waals surface area contributed by atoms with Gasteiger partial charge in [-0.25, -0.2) is 4.79 Å². The zero-order chi connectivity index (χ0) is 16.8. The summed E-state index contributed by atoms with van der Waals surface area (Å²) < 4.78 is 5.02. The Labute approximate surface area is 137 Å². The number of amides is 1. The summed E-state index contributed by atoms with van der Waals surface area (Å²) in [6.45, 7) is 2.90. The van der Waals surface area contributed by atoms with E-state index in [0.717, 1.165) is 24.9 Å². The maximum absolute atomic E-state index is 11.9. The highest BCUT2D eigenvalue weighted by Crippen LogP contribution is 2.24. The second-order valence-corrected chi connectivity index (χ2v) is 5.98. The zero-order valence-electron chi connectivity index (χ0n) is 14.0.